The maximum Gasteiger partial charge on any atom is 0.252 e. The van der Waals surface area contributed by atoms with E-state index >= 15 is 0 Å². The summed E-state index contributed by atoms with van der Waals surface area (Å²) in [6, 6.07) is 24.0. The molecule has 5 nitrogen and oxygen atoms in total. The predicted molar refractivity (Wildman–Crippen MR) is 108 cm³/mol. The lowest BCUT2D eigenvalue weighted by Gasteiger charge is -2.19. The second kappa shape index (κ2) is 8.31. The molecule has 1 N–H and O–H groups in total. The van der Waals surface area contributed by atoms with Crippen LogP contribution in [-0.4, -0.2) is 27.0 Å². The SMILES string of the molecule is O=C(NCC(c1ccccc1)c1ccccc1)c1ccc(-n2ccnc2)nc1. The molecule has 0 saturated heterocycles. The van der Waals surface area contributed by atoms with Gasteiger partial charge in [0, 0.05) is 31.1 Å². The maximum atomic E-state index is 12.6. The molecule has 0 atom stereocenters. The number of carbonyl (C=O) groups is 1. The van der Waals surface area contributed by atoms with E-state index in [1.807, 2.05) is 48.7 Å². The Labute approximate surface area is 163 Å². The van der Waals surface area contributed by atoms with Crippen molar-refractivity contribution >= 4 is 5.91 Å². The monoisotopic (exact) mass is 368 g/mol. The van der Waals surface area contributed by atoms with Crippen molar-refractivity contribution in [1.29, 1.82) is 0 Å². The zero-order chi connectivity index (χ0) is 19.2. The Morgan fingerprint density at radius 3 is 2.14 bits per heavy atom. The first kappa shape index (κ1) is 17.7. The Morgan fingerprint density at radius 2 is 1.61 bits per heavy atom. The molecule has 0 aliphatic heterocycles. The molecule has 0 fully saturated rings. The minimum Gasteiger partial charge on any atom is -0.351 e. The number of aromatic nitrogens is 3. The Hall–Kier alpha value is -3.73. The van der Waals surface area contributed by atoms with Crippen LogP contribution in [0.15, 0.2) is 97.7 Å². The zero-order valence-electron chi connectivity index (χ0n) is 15.3. The van der Waals surface area contributed by atoms with E-state index in [4.69, 9.17) is 0 Å². The molecule has 2 aromatic heterocycles. The van der Waals surface area contributed by atoms with Gasteiger partial charge < -0.3 is 5.32 Å². The van der Waals surface area contributed by atoms with Gasteiger partial charge in [-0.2, -0.15) is 0 Å². The number of hydrogen-bond donors (Lipinski definition) is 1. The van der Waals surface area contributed by atoms with Crippen LogP contribution in [0, 0.1) is 0 Å². The highest BCUT2D eigenvalue weighted by Gasteiger charge is 2.16. The molecule has 5 heteroatoms. The lowest BCUT2D eigenvalue weighted by atomic mass is 9.91. The van der Waals surface area contributed by atoms with E-state index < -0.39 is 0 Å². The number of benzene rings is 2. The maximum absolute atomic E-state index is 12.6. The number of imidazole rings is 1. The van der Waals surface area contributed by atoms with Crippen molar-refractivity contribution in [3.8, 4) is 5.82 Å². The van der Waals surface area contributed by atoms with Crippen molar-refractivity contribution in [2.75, 3.05) is 6.54 Å². The number of nitrogens with zero attached hydrogens (tertiary/aromatic N) is 3. The van der Waals surface area contributed by atoms with E-state index in [0.29, 0.717) is 12.1 Å². The normalized spacial score (nSPS) is 10.8. The van der Waals surface area contributed by atoms with Crippen molar-refractivity contribution < 1.29 is 4.79 Å². The van der Waals surface area contributed by atoms with Gasteiger partial charge in [-0.15, -0.1) is 0 Å². The van der Waals surface area contributed by atoms with E-state index in [2.05, 4.69) is 39.6 Å². The van der Waals surface area contributed by atoms with Crippen LogP contribution in [0.2, 0.25) is 0 Å². The van der Waals surface area contributed by atoms with Crippen LogP contribution in [0.4, 0.5) is 0 Å². The van der Waals surface area contributed by atoms with Crippen LogP contribution in [0.5, 0.6) is 0 Å². The van der Waals surface area contributed by atoms with E-state index in [1.54, 1.807) is 29.4 Å². The number of pyridine rings is 1. The van der Waals surface area contributed by atoms with Crippen LogP contribution < -0.4 is 5.32 Å². The first-order chi connectivity index (χ1) is 13.8. The summed E-state index contributed by atoms with van der Waals surface area (Å²) in [5.41, 5.74) is 2.87. The lowest BCUT2D eigenvalue weighted by molar-refractivity contribution is 0.0952. The fourth-order valence-corrected chi connectivity index (χ4v) is 3.16. The average molecular weight is 368 g/mol. The smallest absolute Gasteiger partial charge is 0.252 e. The summed E-state index contributed by atoms with van der Waals surface area (Å²) < 4.78 is 1.79. The summed E-state index contributed by atoms with van der Waals surface area (Å²) >= 11 is 0. The summed E-state index contributed by atoms with van der Waals surface area (Å²) in [6.07, 6.45) is 6.76. The third-order valence-corrected chi connectivity index (χ3v) is 4.65. The molecule has 0 aliphatic carbocycles. The molecule has 0 unspecified atom stereocenters. The topological polar surface area (TPSA) is 59.8 Å². The predicted octanol–water partition coefficient (Wildman–Crippen LogP) is 3.83. The Morgan fingerprint density at radius 1 is 0.929 bits per heavy atom. The number of rotatable bonds is 6. The highest BCUT2D eigenvalue weighted by Crippen LogP contribution is 2.23. The zero-order valence-corrected chi connectivity index (χ0v) is 15.3. The molecule has 4 aromatic rings. The summed E-state index contributed by atoms with van der Waals surface area (Å²) in [7, 11) is 0. The van der Waals surface area contributed by atoms with Crippen LogP contribution >= 0.6 is 0 Å². The highest BCUT2D eigenvalue weighted by molar-refractivity contribution is 5.94. The van der Waals surface area contributed by atoms with Crippen LogP contribution in [0.3, 0.4) is 0 Å². The van der Waals surface area contributed by atoms with Gasteiger partial charge >= 0.3 is 0 Å². The molecule has 2 aromatic carbocycles. The molecule has 4 rings (SSSR count). The molecule has 2 heterocycles. The number of amides is 1. The molecule has 0 radical (unpaired) electrons. The molecule has 0 saturated carbocycles. The number of carbonyl (C=O) groups excluding carboxylic acids is 1. The van der Waals surface area contributed by atoms with Crippen molar-refractivity contribution in [2.24, 2.45) is 0 Å². The molecule has 0 aliphatic rings. The van der Waals surface area contributed by atoms with Crippen molar-refractivity contribution in [2.45, 2.75) is 5.92 Å². The van der Waals surface area contributed by atoms with E-state index in [0.717, 1.165) is 5.82 Å². The molecule has 0 bridgehead atoms. The van der Waals surface area contributed by atoms with Crippen molar-refractivity contribution in [3.63, 3.8) is 0 Å². The van der Waals surface area contributed by atoms with Crippen LogP contribution in [-0.2, 0) is 0 Å². The van der Waals surface area contributed by atoms with Gasteiger partial charge in [-0.1, -0.05) is 60.7 Å². The third-order valence-electron chi connectivity index (χ3n) is 4.65. The fourth-order valence-electron chi connectivity index (χ4n) is 3.16. The van der Waals surface area contributed by atoms with Gasteiger partial charge in [-0.05, 0) is 23.3 Å². The van der Waals surface area contributed by atoms with Gasteiger partial charge in [0.1, 0.15) is 12.1 Å². The number of hydrogen-bond acceptors (Lipinski definition) is 3. The second-order valence-electron chi connectivity index (χ2n) is 6.46. The van der Waals surface area contributed by atoms with Gasteiger partial charge in [-0.3, -0.25) is 9.36 Å². The second-order valence-corrected chi connectivity index (χ2v) is 6.46. The highest BCUT2D eigenvalue weighted by atomic mass is 16.1. The van der Waals surface area contributed by atoms with Gasteiger partial charge in [0.25, 0.3) is 5.91 Å². The van der Waals surface area contributed by atoms with Gasteiger partial charge in [0.05, 0.1) is 5.56 Å². The Balaban J connectivity index is 1.48. The molecular weight excluding hydrogens is 348 g/mol. The lowest BCUT2D eigenvalue weighted by Crippen LogP contribution is -2.29. The van der Waals surface area contributed by atoms with Crippen molar-refractivity contribution in [3.05, 3.63) is 114 Å². The van der Waals surface area contributed by atoms with Gasteiger partial charge in [0.2, 0.25) is 0 Å². The molecule has 28 heavy (non-hydrogen) atoms. The van der Waals surface area contributed by atoms with E-state index in [9.17, 15) is 4.79 Å². The first-order valence-electron chi connectivity index (χ1n) is 9.14. The van der Waals surface area contributed by atoms with Crippen LogP contribution in [0.25, 0.3) is 5.82 Å². The molecular formula is C23H20N4O. The number of nitrogens with one attached hydrogen (secondary N) is 1. The Bertz CT molecular complexity index is 974. The molecule has 0 spiro atoms. The quantitative estimate of drug-likeness (QED) is 0.563. The minimum absolute atomic E-state index is 0.0875. The summed E-state index contributed by atoms with van der Waals surface area (Å²) in [4.78, 5) is 21.0. The Kier molecular flexibility index (Phi) is 5.24. The van der Waals surface area contributed by atoms with Gasteiger partial charge in [-0.25, -0.2) is 9.97 Å². The largest absolute Gasteiger partial charge is 0.351 e. The minimum atomic E-state index is -0.137. The summed E-state index contributed by atoms with van der Waals surface area (Å²) in [6.45, 7) is 0.510. The average Bonchev–Trinajstić information content (AvgIpc) is 3.30. The van der Waals surface area contributed by atoms with E-state index in [-0.39, 0.29) is 11.8 Å². The van der Waals surface area contributed by atoms with Crippen molar-refractivity contribution in [1.82, 2.24) is 19.9 Å². The third kappa shape index (κ3) is 3.99. The first-order valence-corrected chi connectivity index (χ1v) is 9.14. The summed E-state index contributed by atoms with van der Waals surface area (Å²) in [5, 5.41) is 3.05. The van der Waals surface area contributed by atoms with Gasteiger partial charge in [0.15, 0.2) is 0 Å². The van der Waals surface area contributed by atoms with E-state index in [1.165, 1.54) is 11.1 Å². The summed E-state index contributed by atoms with van der Waals surface area (Å²) in [5.74, 6) is 0.673. The molecule has 1 amide bonds. The standard InChI is InChI=1S/C23H20N4O/c28-23(20-11-12-22(25-15-20)27-14-13-24-17-27)26-16-21(18-7-3-1-4-8-18)19-9-5-2-6-10-19/h1-15,17,21H,16H2,(H,26,28). The fraction of sp³-hybridized carbons (Fsp3) is 0.0870. The van der Waals surface area contributed by atoms with Crippen LogP contribution in [0.1, 0.15) is 27.4 Å². The molecule has 138 valence electrons.